The quantitative estimate of drug-likeness (QED) is 0.0135. The van der Waals surface area contributed by atoms with E-state index in [0.717, 1.165) is 132 Å². The van der Waals surface area contributed by atoms with Crippen LogP contribution in [-0.4, -0.2) is 358 Å². The van der Waals surface area contributed by atoms with Crippen molar-refractivity contribution >= 4 is 149 Å². The van der Waals surface area contributed by atoms with Crippen molar-refractivity contribution in [3.63, 3.8) is 0 Å². The molecule has 55 heteroatoms. The summed E-state index contributed by atoms with van der Waals surface area (Å²) in [6.07, 6.45) is -35.8. The number of carbonyl (C=O) groups excluding carboxylic acids is 25. The van der Waals surface area contributed by atoms with Gasteiger partial charge in [0.15, 0.2) is 67.4 Å². The van der Waals surface area contributed by atoms with Gasteiger partial charge in [-0.25, -0.2) is 0 Å². The number of nitrogens with zero attached hydrogens (tertiary/aromatic N) is 1. The van der Waals surface area contributed by atoms with Gasteiger partial charge >= 0.3 is 95.5 Å². The van der Waals surface area contributed by atoms with Crippen LogP contribution >= 0.6 is 0 Å². The van der Waals surface area contributed by atoms with Crippen molar-refractivity contribution in [2.24, 2.45) is 5.92 Å². The van der Waals surface area contributed by atoms with Crippen LogP contribution in [0.5, 0.6) is 0 Å². The molecule has 0 aromatic heterocycles. The van der Waals surface area contributed by atoms with E-state index >= 15 is 0 Å². The molecule has 4 saturated heterocycles. The highest BCUT2D eigenvalue weighted by Crippen LogP contribution is 2.39. The summed E-state index contributed by atoms with van der Waals surface area (Å²) in [5, 5.41) is 15.8. The van der Waals surface area contributed by atoms with Gasteiger partial charge in [0.2, 0.25) is 41.4 Å². The van der Waals surface area contributed by atoms with Crippen molar-refractivity contribution in [2.45, 2.75) is 369 Å². The summed E-state index contributed by atoms with van der Waals surface area (Å²) in [6.45, 7) is 19.5. The van der Waals surface area contributed by atoms with Crippen LogP contribution in [0.25, 0.3) is 0 Å². The fourth-order valence-corrected chi connectivity index (χ4v) is 15.3. The summed E-state index contributed by atoms with van der Waals surface area (Å²) in [7, 11) is 0. The minimum Gasteiger partial charge on any atom is -0.463 e. The molecule has 0 aliphatic carbocycles. The van der Waals surface area contributed by atoms with E-state index in [0.29, 0.717) is 19.3 Å². The predicted octanol–water partition coefficient (Wildman–Crippen LogP) is -3.37. The van der Waals surface area contributed by atoms with E-state index in [1.165, 1.54) is 32.6 Å². The Kier molecular flexibility index (Phi) is 50.5. The zero-order chi connectivity index (χ0) is 109. The topological polar surface area (TPSA) is 717 Å². The first-order chi connectivity index (χ1) is 67.2. The molecule has 4 rings (SSSR count). The van der Waals surface area contributed by atoms with Crippen molar-refractivity contribution in [1.29, 1.82) is 0 Å². The lowest BCUT2D eigenvalue weighted by Crippen LogP contribution is -2.69. The number of likely N-dealkylation sites (tertiary alicyclic amines) is 1. The molecule has 55 nitrogen and oxygen atoms in total. The molecule has 4 heterocycles. The Morgan fingerprint density at radius 2 is 0.625 bits per heavy atom. The van der Waals surface area contributed by atoms with Gasteiger partial charge in [0, 0.05) is 130 Å². The van der Waals surface area contributed by atoms with E-state index in [4.69, 9.17) is 104 Å². The number of unbranched alkanes of at least 4 members (excludes halogenated alkanes) is 3. The Morgan fingerprint density at radius 3 is 0.993 bits per heavy atom. The van der Waals surface area contributed by atoms with Crippen molar-refractivity contribution < 1.29 is 224 Å². The fourth-order valence-electron chi connectivity index (χ4n) is 15.3. The largest absolute Gasteiger partial charge is 0.463 e. The predicted molar refractivity (Wildman–Crippen MR) is 471 cm³/mol. The third kappa shape index (κ3) is 40.8. The summed E-state index contributed by atoms with van der Waals surface area (Å²) in [4.78, 5) is 332. The van der Waals surface area contributed by atoms with E-state index in [1.54, 1.807) is 0 Å². The van der Waals surface area contributed by atoms with Crippen LogP contribution in [0.2, 0.25) is 0 Å². The molecular weight excluding hydrogens is 1930 g/mol. The maximum atomic E-state index is 14.7. The van der Waals surface area contributed by atoms with E-state index in [2.05, 4.69) is 37.2 Å². The minimum absolute atomic E-state index is 0.0669. The van der Waals surface area contributed by atoms with Gasteiger partial charge < -0.3 is 146 Å². The first-order valence-corrected chi connectivity index (χ1v) is 45.6. The number of rotatable bonds is 52. The van der Waals surface area contributed by atoms with Gasteiger partial charge in [0.05, 0.1) is 6.04 Å². The number of hydrogen-bond acceptors (Lipinski definition) is 47. The maximum absolute atomic E-state index is 14.7. The Bertz CT molecular complexity index is 4600. The second-order valence-electron chi connectivity index (χ2n) is 33.8. The average Bonchev–Trinajstić information content (AvgIpc) is 0.786. The highest BCUT2D eigenvalue weighted by atomic mass is 16.8. The molecule has 0 spiro atoms. The maximum Gasteiger partial charge on any atom is 0.304 e. The van der Waals surface area contributed by atoms with E-state index in [9.17, 15) is 120 Å². The Balaban J connectivity index is 1.63. The lowest BCUT2D eigenvalue weighted by atomic mass is 9.95. The lowest BCUT2D eigenvalue weighted by Gasteiger charge is -2.50. The number of Topliss-reactive ketones (excluding diaryl/α,β-unsaturated/α-hetero) is 1. The number of nitrogens with one attached hydrogen (secondary N) is 7. The second kappa shape index (κ2) is 59.1. The highest BCUT2D eigenvalue weighted by molar-refractivity contribution is 5.99. The monoisotopic (exact) mass is 2060 g/mol. The van der Waals surface area contributed by atoms with Crippen LogP contribution in [-0.2, 0) is 224 Å². The van der Waals surface area contributed by atoms with E-state index < -0.39 is 340 Å². The molecule has 0 aromatic rings. The number of hydrogen-bond donors (Lipinski definition) is 7. The van der Waals surface area contributed by atoms with Crippen LogP contribution < -0.4 is 37.2 Å². The molecule has 28 atom stereocenters. The Labute approximate surface area is 826 Å². The molecular formula is C89H130N8O47. The number of esters is 16. The van der Waals surface area contributed by atoms with Gasteiger partial charge in [-0.05, 0) is 67.2 Å². The SMILES string of the molecule is CC(=O)OCC(NC(=O)C(NC(=O)C(NC(=O)C(C)CCCCCCOC1OC(COC(C)=O)C(OC2OC(COC(C)=O)C(OC3OC(COC(C)=O)C(OC(C)=O)C(OC(C)=O)C3OC(C)=O)C(OC(C)=O)C2OC(C)=O)C(OC(C)=O)C1OC(C)=O)C(C)OC(C)=O)C(C)OC(C)=O)C(=O)NC(C(=O)NC(C(=O)NC(OC(C)=O)C(=O)NC(C)C(=O)N1CCCC1C(C)=O)C(C)OC(C)=O)C(C)OC(C)=O. The van der Waals surface area contributed by atoms with Gasteiger partial charge in [-0.2, -0.15) is 0 Å². The molecule has 808 valence electrons. The summed E-state index contributed by atoms with van der Waals surface area (Å²) in [5.74, 6) is -28.0. The van der Waals surface area contributed by atoms with Crippen LogP contribution in [0.4, 0.5) is 0 Å². The lowest BCUT2D eigenvalue weighted by molar-refractivity contribution is -0.380. The standard InChI is InChI=1S/C89H130N8O47/c1-37(29-26-24-25-27-32-123-87-75(136-56(20)111)73(134-54(18)109)70(63(140-87)35-126-46(10)101)143-89-77(138-58(22)113)74(135-55(19)110)71(64(142-89)36-127-47(11)102)144-88-76(137-57(21)112)72(133-53(17)108)69(132-52(16)107)62(141-88)34-125-45(9)100)78(115)92-66(41(5)129-49(13)104)81(118)94-65(40(4)128-48(12)103)80(117)91-60(33-124-44(8)99)79(116)93-67(42(6)130-50(14)105)82(119)95-68(43(7)131-51(15)106)83(120)96-85(139-59(23)114)84(121)90-38(2)86(122)97-31-28-30-61(97)39(3)98/h37-38,40-43,60-77,85,87-89H,24-36H2,1-23H3,(H,90,121)(H,91,117)(H,92,115)(H,93,116)(H,94,118)(H,95,119)(H,96,120). The summed E-state index contributed by atoms with van der Waals surface area (Å²) < 4.78 is 125. The zero-order valence-corrected chi connectivity index (χ0v) is 84.0. The van der Waals surface area contributed by atoms with Crippen LogP contribution in [0.15, 0.2) is 0 Å². The molecule has 0 aromatic carbocycles. The summed E-state index contributed by atoms with van der Waals surface area (Å²) in [6, 6.07) is -12.7. The second-order valence-corrected chi connectivity index (χ2v) is 33.8. The van der Waals surface area contributed by atoms with Crippen LogP contribution in [0, 0.1) is 5.92 Å². The van der Waals surface area contributed by atoms with Crippen LogP contribution in [0.3, 0.4) is 0 Å². The summed E-state index contributed by atoms with van der Waals surface area (Å²) in [5.41, 5.74) is 0. The first kappa shape index (κ1) is 123. The molecule has 0 radical (unpaired) electrons. The van der Waals surface area contributed by atoms with Gasteiger partial charge in [0.1, 0.15) is 118 Å². The van der Waals surface area contributed by atoms with Gasteiger partial charge in [-0.15, -0.1) is 0 Å². The first-order valence-electron chi connectivity index (χ1n) is 45.6. The number of carbonyl (C=O) groups is 25. The third-order valence-corrected chi connectivity index (χ3v) is 21.3. The molecule has 8 amide bonds. The van der Waals surface area contributed by atoms with Gasteiger partial charge in [-0.1, -0.05) is 26.2 Å². The molecule has 144 heavy (non-hydrogen) atoms. The van der Waals surface area contributed by atoms with E-state index in [1.807, 2.05) is 0 Å². The minimum atomic E-state index is -2.29. The number of ether oxygens (including phenoxy) is 22. The van der Waals surface area contributed by atoms with Crippen molar-refractivity contribution in [3.8, 4) is 0 Å². The molecule has 4 fully saturated rings. The smallest absolute Gasteiger partial charge is 0.304 e. The number of amides is 8. The molecule has 7 N–H and O–H groups in total. The number of ketones is 1. The Hall–Kier alpha value is -13.3. The van der Waals surface area contributed by atoms with Crippen molar-refractivity contribution in [3.05, 3.63) is 0 Å². The fraction of sp³-hybridized carbons (Fsp3) is 0.719. The average molecular weight is 2060 g/mol. The molecule has 0 bridgehead atoms. The normalized spacial score (nSPS) is 24.1. The highest BCUT2D eigenvalue weighted by Gasteiger charge is 2.61. The van der Waals surface area contributed by atoms with Crippen molar-refractivity contribution in [2.75, 3.05) is 39.6 Å². The zero-order valence-electron chi connectivity index (χ0n) is 84.0. The summed E-state index contributed by atoms with van der Waals surface area (Å²) >= 11 is 0. The molecule has 4 aliphatic rings. The molecule has 0 saturated carbocycles. The van der Waals surface area contributed by atoms with Gasteiger partial charge in [-0.3, -0.25) is 120 Å². The Morgan fingerprint density at radius 1 is 0.306 bits per heavy atom. The third-order valence-electron chi connectivity index (χ3n) is 21.3. The van der Waals surface area contributed by atoms with Crippen LogP contribution in [0.1, 0.15) is 204 Å². The van der Waals surface area contributed by atoms with Gasteiger partial charge in [0.25, 0.3) is 12.1 Å². The molecule has 4 aliphatic heterocycles. The van der Waals surface area contributed by atoms with Crippen molar-refractivity contribution in [1.82, 2.24) is 42.1 Å². The van der Waals surface area contributed by atoms with E-state index in [-0.39, 0.29) is 44.6 Å². The molecule has 28 unspecified atom stereocenters.